The number of nitrogens with one attached hydrogen (secondary N) is 3. The van der Waals surface area contributed by atoms with E-state index >= 15 is 4.39 Å². The Hall–Kier alpha value is -3.95. The molecule has 0 spiro atoms. The summed E-state index contributed by atoms with van der Waals surface area (Å²) < 4.78 is 51.3. The number of fused-ring (bicyclic) bond motifs is 1. The lowest BCUT2D eigenvalue weighted by Gasteiger charge is -2.15. The first-order valence-corrected chi connectivity index (χ1v) is 14.7. The summed E-state index contributed by atoms with van der Waals surface area (Å²) in [4.78, 5) is 43.1. The van der Waals surface area contributed by atoms with Crippen molar-refractivity contribution in [2.24, 2.45) is 0 Å². The fraction of sp³-hybridized carbons (Fsp3) is 0.320. The average Bonchev–Trinajstić information content (AvgIpc) is 3.48. The molecule has 2 aromatic heterocycles. The van der Waals surface area contributed by atoms with Gasteiger partial charge in [-0.05, 0) is 24.5 Å². The number of methoxy groups -OCH3 is 1. The van der Waals surface area contributed by atoms with Crippen LogP contribution in [-0.4, -0.2) is 67.4 Å². The molecule has 210 valence electrons. The van der Waals surface area contributed by atoms with Gasteiger partial charge in [0.05, 0.1) is 29.1 Å². The van der Waals surface area contributed by atoms with Gasteiger partial charge in [-0.3, -0.25) is 19.1 Å². The molecule has 3 N–H and O–H groups in total. The zero-order valence-corrected chi connectivity index (χ0v) is 22.7. The number of aromatic amines is 1. The lowest BCUT2D eigenvalue weighted by molar-refractivity contribution is -0.126. The Morgan fingerprint density at radius 3 is 2.60 bits per heavy atom. The third kappa shape index (κ3) is 6.11. The third-order valence-corrected chi connectivity index (χ3v) is 9.29. The van der Waals surface area contributed by atoms with Crippen molar-refractivity contribution in [1.29, 1.82) is 0 Å². The molecule has 1 aliphatic carbocycles. The molecule has 1 aliphatic rings. The molecule has 0 aliphatic heterocycles. The topological polar surface area (TPSA) is 173 Å². The van der Waals surface area contributed by atoms with Crippen LogP contribution in [0.3, 0.4) is 0 Å². The summed E-state index contributed by atoms with van der Waals surface area (Å²) in [6.07, 6.45) is 1.73. The molecule has 0 radical (unpaired) electrons. The minimum absolute atomic E-state index is 0.0481. The van der Waals surface area contributed by atoms with E-state index in [2.05, 4.69) is 30.3 Å². The van der Waals surface area contributed by atoms with Gasteiger partial charge in [-0.25, -0.2) is 22.6 Å². The van der Waals surface area contributed by atoms with Crippen LogP contribution < -0.4 is 16.4 Å². The molecule has 2 aromatic carbocycles. The number of carbonyl (C=O) groups is 2. The number of thiazole rings is 1. The minimum atomic E-state index is -4.10. The maximum Gasteiger partial charge on any atom is 0.439 e. The normalized spacial score (nSPS) is 14.2. The largest absolute Gasteiger partial charge is 0.439 e. The van der Waals surface area contributed by atoms with Crippen LogP contribution in [0.5, 0.6) is 0 Å². The predicted molar refractivity (Wildman–Crippen MR) is 144 cm³/mol. The van der Waals surface area contributed by atoms with Crippen molar-refractivity contribution in [3.8, 4) is 22.5 Å². The number of amides is 2. The lowest BCUT2D eigenvalue weighted by Crippen LogP contribution is -2.41. The first-order chi connectivity index (χ1) is 19.1. The van der Waals surface area contributed by atoms with E-state index in [1.165, 1.54) is 19.2 Å². The van der Waals surface area contributed by atoms with Gasteiger partial charge in [-0.1, -0.05) is 29.4 Å². The highest BCUT2D eigenvalue weighted by Crippen LogP contribution is 2.36. The van der Waals surface area contributed by atoms with E-state index in [1.807, 2.05) is 0 Å². The van der Waals surface area contributed by atoms with E-state index in [-0.39, 0.29) is 41.1 Å². The van der Waals surface area contributed by atoms with Crippen LogP contribution in [0.4, 0.5) is 4.39 Å². The van der Waals surface area contributed by atoms with Crippen molar-refractivity contribution < 1.29 is 31.7 Å². The van der Waals surface area contributed by atoms with E-state index in [0.717, 1.165) is 24.2 Å². The number of hydrogen-bond donors (Lipinski definition) is 3. The quantitative estimate of drug-likeness (QED) is 0.236. The maximum atomic E-state index is 15.2. The summed E-state index contributed by atoms with van der Waals surface area (Å²) in [5.41, 5.74) is 1.47. The van der Waals surface area contributed by atoms with Crippen LogP contribution in [0, 0.1) is 5.82 Å². The molecule has 1 fully saturated rings. The van der Waals surface area contributed by atoms with Crippen LogP contribution in [0.1, 0.15) is 23.1 Å². The number of nitrogens with zero attached hydrogens (tertiary/aromatic N) is 2. The molecule has 1 unspecified atom stereocenters. The average molecular weight is 590 g/mol. The number of ether oxygens (including phenoxy) is 1. The van der Waals surface area contributed by atoms with Gasteiger partial charge < -0.3 is 15.4 Å². The van der Waals surface area contributed by atoms with Crippen molar-refractivity contribution in [3.05, 3.63) is 57.8 Å². The van der Waals surface area contributed by atoms with Crippen molar-refractivity contribution in [2.45, 2.75) is 24.1 Å². The molecule has 0 bridgehead atoms. The van der Waals surface area contributed by atoms with Crippen LogP contribution in [0.15, 0.2) is 45.7 Å². The number of sulfone groups is 1. The number of hydrogen-bond acceptors (Lipinski definition) is 10. The first kappa shape index (κ1) is 27.6. The molecule has 5 rings (SSSR count). The van der Waals surface area contributed by atoms with Crippen LogP contribution in [0.2, 0.25) is 0 Å². The highest BCUT2D eigenvalue weighted by atomic mass is 32.2. The van der Waals surface area contributed by atoms with Crippen LogP contribution in [0.25, 0.3) is 32.7 Å². The Morgan fingerprint density at radius 2 is 1.95 bits per heavy atom. The fourth-order valence-corrected chi connectivity index (χ4v) is 6.93. The lowest BCUT2D eigenvalue weighted by atomic mass is 10.0. The molecular weight excluding hydrogens is 565 g/mol. The van der Waals surface area contributed by atoms with Crippen LogP contribution >= 0.6 is 11.3 Å². The highest BCUT2D eigenvalue weighted by molar-refractivity contribution is 7.92. The van der Waals surface area contributed by atoms with Crippen molar-refractivity contribution in [3.63, 3.8) is 0 Å². The van der Waals surface area contributed by atoms with Gasteiger partial charge in [-0.15, -0.1) is 11.3 Å². The molecule has 12 nitrogen and oxygen atoms in total. The second-order valence-electron chi connectivity index (χ2n) is 9.17. The second-order valence-corrected chi connectivity index (χ2v) is 12.4. The molecule has 40 heavy (non-hydrogen) atoms. The second kappa shape index (κ2) is 11.3. The predicted octanol–water partition coefficient (Wildman–Crippen LogP) is 1.94. The van der Waals surface area contributed by atoms with Crippen molar-refractivity contribution >= 4 is 43.2 Å². The summed E-state index contributed by atoms with van der Waals surface area (Å²) in [6.45, 7) is -0.524. The molecule has 2 amide bonds. The zero-order valence-electron chi connectivity index (χ0n) is 21.1. The monoisotopic (exact) mass is 589 g/mol. The van der Waals surface area contributed by atoms with Crippen molar-refractivity contribution in [1.82, 2.24) is 25.8 Å². The molecule has 15 heteroatoms. The summed E-state index contributed by atoms with van der Waals surface area (Å²) in [5, 5.41) is 6.99. The molecule has 1 saturated carbocycles. The van der Waals surface area contributed by atoms with E-state index in [4.69, 9.17) is 4.74 Å². The Labute approximate surface area is 230 Å². The summed E-state index contributed by atoms with van der Waals surface area (Å²) >= 11 is 0.948. The molecule has 2 heterocycles. The minimum Gasteiger partial charge on any atom is -0.384 e. The number of carbonyl (C=O) groups excluding carboxylic acids is 2. The van der Waals surface area contributed by atoms with Gasteiger partial charge in [0.2, 0.25) is 11.8 Å². The molecular formula is C25H24FN5O7S2. The van der Waals surface area contributed by atoms with Gasteiger partial charge in [-0.2, -0.15) is 0 Å². The fourth-order valence-electron chi connectivity index (χ4n) is 3.97. The Bertz CT molecular complexity index is 1730. The zero-order chi connectivity index (χ0) is 28.4. The van der Waals surface area contributed by atoms with Gasteiger partial charge >= 0.3 is 5.76 Å². The number of H-pyrrole nitrogens is 1. The Balaban J connectivity index is 1.44. The van der Waals surface area contributed by atoms with Gasteiger partial charge in [0.1, 0.15) is 10.8 Å². The smallest absolute Gasteiger partial charge is 0.384 e. The maximum absolute atomic E-state index is 15.2. The van der Waals surface area contributed by atoms with Crippen LogP contribution in [-0.2, 0) is 24.2 Å². The van der Waals surface area contributed by atoms with E-state index in [0.29, 0.717) is 15.8 Å². The third-order valence-electron chi connectivity index (χ3n) is 6.16. The van der Waals surface area contributed by atoms with E-state index in [1.54, 1.807) is 24.3 Å². The summed E-state index contributed by atoms with van der Waals surface area (Å²) in [5.74, 6) is -2.84. The highest BCUT2D eigenvalue weighted by Gasteiger charge is 2.37. The van der Waals surface area contributed by atoms with Crippen molar-refractivity contribution in [2.75, 3.05) is 26.0 Å². The molecule has 0 saturated heterocycles. The Kier molecular flexibility index (Phi) is 7.78. The van der Waals surface area contributed by atoms with Gasteiger partial charge in [0.15, 0.2) is 20.9 Å². The number of benzene rings is 2. The van der Waals surface area contributed by atoms with E-state index in [9.17, 15) is 22.8 Å². The number of aromatic nitrogens is 3. The summed E-state index contributed by atoms with van der Waals surface area (Å²) in [6, 6.07) is 9.31. The number of halogens is 1. The Morgan fingerprint density at radius 1 is 1.23 bits per heavy atom. The van der Waals surface area contributed by atoms with E-state index < -0.39 is 44.2 Å². The van der Waals surface area contributed by atoms with Gasteiger partial charge in [0.25, 0.3) is 0 Å². The standard InChI is InChI=1S/C25H24FN5O7S2/c1-37-8-9-40(35,36)21(23(33)27-12-20(32)28-15-6-7-15)24-29-18-11-17(26)16(10-19(18)39-24)13-2-4-14(5-3-13)22-30-25(34)38-31-22/h2-5,10-11,15,21H,6-9,12H2,1H3,(H,27,33)(H,28,32)(H,30,31,34). The number of rotatable bonds is 11. The van der Waals surface area contributed by atoms with Gasteiger partial charge in [0, 0.05) is 30.3 Å². The summed E-state index contributed by atoms with van der Waals surface area (Å²) in [7, 11) is -2.76. The first-order valence-electron chi connectivity index (χ1n) is 12.2. The SMILES string of the molecule is COCCS(=O)(=O)C(C(=O)NCC(=O)NC1CC1)c1nc2cc(F)c(-c3ccc(-c4noc(=O)[nH]4)cc3)cc2s1. The molecule has 4 aromatic rings. The molecule has 1 atom stereocenters.